The number of aromatic carboxylic acids is 1. The number of carbonyl (C=O) groups is 1. The van der Waals surface area contributed by atoms with E-state index in [0.717, 1.165) is 29.0 Å². The van der Waals surface area contributed by atoms with E-state index in [-0.39, 0.29) is 40.4 Å². The number of benzene rings is 1. The molecule has 1 aliphatic carbocycles. The van der Waals surface area contributed by atoms with Gasteiger partial charge in [0.05, 0.1) is 11.1 Å². The van der Waals surface area contributed by atoms with E-state index in [1.165, 1.54) is 0 Å². The molecular weight excluding hydrogens is 400 g/mol. The number of nitrogens with zero attached hydrogens (tertiary/aromatic N) is 3. The number of halogens is 3. The van der Waals surface area contributed by atoms with Crippen LogP contribution >= 0.6 is 0 Å². The van der Waals surface area contributed by atoms with Crippen molar-refractivity contribution in [3.05, 3.63) is 63.7 Å². The zero-order valence-electron chi connectivity index (χ0n) is 15.3. The van der Waals surface area contributed by atoms with E-state index >= 15 is 0 Å². The van der Waals surface area contributed by atoms with E-state index in [0.29, 0.717) is 19.2 Å². The monoisotopic (exact) mass is 415 g/mol. The summed E-state index contributed by atoms with van der Waals surface area (Å²) in [6, 6.07) is 3.69. The summed E-state index contributed by atoms with van der Waals surface area (Å²) in [5, 5.41) is 9.05. The van der Waals surface area contributed by atoms with Gasteiger partial charge >= 0.3 is 5.97 Å². The summed E-state index contributed by atoms with van der Waals surface area (Å²) < 4.78 is 43.7. The molecule has 1 aliphatic heterocycles. The van der Waals surface area contributed by atoms with Crippen molar-refractivity contribution < 1.29 is 23.1 Å². The molecule has 3 atom stereocenters. The summed E-state index contributed by atoms with van der Waals surface area (Å²) in [5.41, 5.74) is 3.94. The van der Waals surface area contributed by atoms with Gasteiger partial charge < -0.3 is 15.7 Å². The van der Waals surface area contributed by atoms with Crippen LogP contribution in [0.25, 0.3) is 16.7 Å². The van der Waals surface area contributed by atoms with Crippen LogP contribution in [0.15, 0.2) is 35.3 Å². The van der Waals surface area contributed by atoms with Gasteiger partial charge in [-0.25, -0.2) is 22.9 Å². The minimum Gasteiger partial charge on any atom is -0.477 e. The van der Waals surface area contributed by atoms with Gasteiger partial charge in [-0.3, -0.25) is 9.36 Å². The SMILES string of the molecule is NC1[C@H]2CN(c3nc4c(cc3[18F])c(=O)c(C(=O)O)cn4-c3ccc(F)cc3F)C[C@@H]12. The molecule has 10 heteroatoms. The van der Waals surface area contributed by atoms with Crippen LogP contribution in [0.1, 0.15) is 10.4 Å². The average Bonchev–Trinajstić information content (AvgIpc) is 3.10. The van der Waals surface area contributed by atoms with Gasteiger partial charge in [-0.05, 0) is 30.0 Å². The summed E-state index contributed by atoms with van der Waals surface area (Å²) >= 11 is 0. The molecule has 3 N–H and O–H groups in total. The number of hydrogen-bond acceptors (Lipinski definition) is 5. The molecule has 1 saturated carbocycles. The summed E-state index contributed by atoms with van der Waals surface area (Å²) in [7, 11) is 0. The fourth-order valence-corrected chi connectivity index (χ4v) is 4.19. The highest BCUT2D eigenvalue weighted by Gasteiger charge is 2.54. The minimum absolute atomic E-state index is 0.0272. The zero-order chi connectivity index (χ0) is 21.3. The van der Waals surface area contributed by atoms with Gasteiger partial charge in [0, 0.05) is 31.4 Å². The van der Waals surface area contributed by atoms with Crippen molar-refractivity contribution in [3.63, 3.8) is 0 Å². The van der Waals surface area contributed by atoms with Crippen molar-refractivity contribution in [2.45, 2.75) is 6.04 Å². The second kappa shape index (κ2) is 6.30. The van der Waals surface area contributed by atoms with Crippen LogP contribution in [0.3, 0.4) is 0 Å². The first-order chi connectivity index (χ1) is 14.3. The molecule has 3 heterocycles. The summed E-state index contributed by atoms with van der Waals surface area (Å²) in [6.45, 7) is 1.01. The Bertz CT molecular complexity index is 1280. The van der Waals surface area contributed by atoms with Crippen LogP contribution in [0.2, 0.25) is 0 Å². The standard InChI is InChI=1S/C20H15F3N4O3/c21-8-1-2-15(13(22)3-8)27-7-12(20(29)30)17(28)9-4-14(23)19(25-18(9)27)26-5-10-11(6-26)16(10)24/h1-4,7,10-11,16H,5-6,24H2,(H,29,30)/t10-,11+,16?/i23-1. The maximum Gasteiger partial charge on any atom is 0.341 e. The molecule has 154 valence electrons. The van der Waals surface area contributed by atoms with Crippen LogP contribution in [0.4, 0.5) is 19.0 Å². The second-order valence-electron chi connectivity index (χ2n) is 7.62. The molecule has 0 amide bonds. The Morgan fingerprint density at radius 3 is 2.47 bits per heavy atom. The van der Waals surface area contributed by atoms with Crippen molar-refractivity contribution >= 4 is 22.8 Å². The Morgan fingerprint density at radius 1 is 1.13 bits per heavy atom. The molecule has 0 spiro atoms. The molecule has 30 heavy (non-hydrogen) atoms. The number of rotatable bonds is 3. The van der Waals surface area contributed by atoms with Crippen LogP contribution in [0.5, 0.6) is 0 Å². The molecule has 1 aromatic carbocycles. The summed E-state index contributed by atoms with van der Waals surface area (Å²) in [5.74, 6) is -3.70. The third kappa shape index (κ3) is 2.67. The maximum absolute atomic E-state index is 14.8. The van der Waals surface area contributed by atoms with Gasteiger partial charge in [0.1, 0.15) is 17.2 Å². The summed E-state index contributed by atoms with van der Waals surface area (Å²) in [6.07, 6.45) is 0.912. The van der Waals surface area contributed by atoms with Crippen molar-refractivity contribution in [1.82, 2.24) is 9.55 Å². The molecule has 1 saturated heterocycles. The lowest BCUT2D eigenvalue weighted by atomic mass is 10.1. The van der Waals surface area contributed by atoms with E-state index in [9.17, 15) is 27.9 Å². The Balaban J connectivity index is 1.76. The number of anilines is 1. The smallest absolute Gasteiger partial charge is 0.341 e. The van der Waals surface area contributed by atoms with E-state index in [4.69, 9.17) is 5.73 Å². The maximum atomic E-state index is 14.8. The Morgan fingerprint density at radius 2 is 1.83 bits per heavy atom. The van der Waals surface area contributed by atoms with Gasteiger partial charge in [0.25, 0.3) is 0 Å². The highest BCUT2D eigenvalue weighted by atomic mass is 19.1. The molecule has 0 bridgehead atoms. The van der Waals surface area contributed by atoms with Gasteiger partial charge in [-0.15, -0.1) is 0 Å². The van der Waals surface area contributed by atoms with Crippen molar-refractivity contribution in [3.8, 4) is 5.69 Å². The van der Waals surface area contributed by atoms with Crippen LogP contribution in [0, 0.1) is 29.3 Å². The first-order valence-corrected chi connectivity index (χ1v) is 9.21. The first kappa shape index (κ1) is 18.6. The topological polar surface area (TPSA) is 101 Å². The van der Waals surface area contributed by atoms with E-state index in [2.05, 4.69) is 4.98 Å². The van der Waals surface area contributed by atoms with Gasteiger partial charge in [0.2, 0.25) is 5.43 Å². The fourth-order valence-electron chi connectivity index (χ4n) is 4.19. The van der Waals surface area contributed by atoms with Crippen LogP contribution in [-0.2, 0) is 0 Å². The largest absolute Gasteiger partial charge is 0.477 e. The molecule has 7 nitrogen and oxygen atoms in total. The molecule has 5 rings (SSSR count). The lowest BCUT2D eigenvalue weighted by Gasteiger charge is -2.22. The van der Waals surface area contributed by atoms with Crippen molar-refractivity contribution in [1.29, 1.82) is 0 Å². The van der Waals surface area contributed by atoms with Crippen molar-refractivity contribution in [2.75, 3.05) is 18.0 Å². The van der Waals surface area contributed by atoms with Crippen LogP contribution < -0.4 is 16.1 Å². The lowest BCUT2D eigenvalue weighted by Crippen LogP contribution is -2.30. The third-order valence-electron chi connectivity index (χ3n) is 5.87. The number of carboxylic acids is 1. The number of carboxylic acid groups (broad SMARTS) is 1. The predicted octanol–water partition coefficient (Wildman–Crippen LogP) is 1.89. The molecular formula is C20H15F3N4O3. The lowest BCUT2D eigenvalue weighted by molar-refractivity contribution is 0.0695. The van der Waals surface area contributed by atoms with E-state index in [1.54, 1.807) is 4.90 Å². The molecule has 3 aromatic rings. The zero-order valence-corrected chi connectivity index (χ0v) is 15.3. The number of hydrogen-bond donors (Lipinski definition) is 2. The number of nitrogens with two attached hydrogens (primary N) is 1. The molecule has 0 radical (unpaired) electrons. The first-order valence-electron chi connectivity index (χ1n) is 9.21. The molecule has 2 fully saturated rings. The molecule has 2 aliphatic rings. The quantitative estimate of drug-likeness (QED) is 0.678. The van der Waals surface area contributed by atoms with Gasteiger partial charge in [-0.2, -0.15) is 0 Å². The third-order valence-corrected chi connectivity index (χ3v) is 5.87. The number of aromatic nitrogens is 2. The fraction of sp³-hybridized carbons (Fsp3) is 0.250. The van der Waals surface area contributed by atoms with Gasteiger partial charge in [0.15, 0.2) is 17.3 Å². The minimum atomic E-state index is -1.56. The van der Waals surface area contributed by atoms with E-state index in [1.807, 2.05) is 0 Å². The number of fused-ring (bicyclic) bond motifs is 2. The summed E-state index contributed by atoms with van der Waals surface area (Å²) in [4.78, 5) is 30.1. The molecule has 1 unspecified atom stereocenters. The number of pyridine rings is 2. The molecule has 2 aromatic heterocycles. The highest BCUT2D eigenvalue weighted by molar-refractivity contribution is 5.92. The number of piperidine rings is 1. The normalized spacial score (nSPS) is 22.4. The second-order valence-corrected chi connectivity index (χ2v) is 7.62. The Labute approximate surface area is 167 Å². The average molecular weight is 415 g/mol. The van der Waals surface area contributed by atoms with Gasteiger partial charge in [-0.1, -0.05) is 0 Å². The van der Waals surface area contributed by atoms with Crippen LogP contribution in [-0.4, -0.2) is 39.8 Å². The van der Waals surface area contributed by atoms with E-state index < -0.39 is 34.4 Å². The Hall–Kier alpha value is -3.40. The Kier molecular flexibility index (Phi) is 3.91. The highest BCUT2D eigenvalue weighted by Crippen LogP contribution is 2.45. The predicted molar refractivity (Wildman–Crippen MR) is 101 cm³/mol. The van der Waals surface area contributed by atoms with Crippen molar-refractivity contribution in [2.24, 2.45) is 17.6 Å².